The molecule has 372 valence electrons. The first kappa shape index (κ1) is 62.2. The first-order valence-corrected chi connectivity index (χ1v) is 27.1. The average molecular weight is 926 g/mol. The molecule has 0 bridgehead atoms. The Kier molecular flexibility index (Phi) is 45.6. The minimum atomic E-state index is -4.55. The van der Waals surface area contributed by atoms with E-state index in [2.05, 4.69) is 123 Å². The second kappa shape index (κ2) is 47.6. The minimum Gasteiger partial charge on any atom is -0.756 e. The summed E-state index contributed by atoms with van der Waals surface area (Å²) in [7, 11) is 1.31. The molecular formula is C56H96NO7P. The number of phosphoric acid groups is 1. The molecule has 0 saturated heterocycles. The van der Waals surface area contributed by atoms with Crippen LogP contribution in [0.25, 0.3) is 0 Å². The first-order chi connectivity index (χ1) is 31.6. The van der Waals surface area contributed by atoms with Gasteiger partial charge in [-0.25, -0.2) is 0 Å². The Morgan fingerprint density at radius 1 is 0.492 bits per heavy atom. The summed E-state index contributed by atoms with van der Waals surface area (Å²) in [6, 6.07) is 0. The van der Waals surface area contributed by atoms with Gasteiger partial charge in [-0.1, -0.05) is 181 Å². The van der Waals surface area contributed by atoms with E-state index in [1.807, 2.05) is 21.1 Å². The average Bonchev–Trinajstić information content (AvgIpc) is 3.27. The predicted octanol–water partition coefficient (Wildman–Crippen LogP) is 15.3. The van der Waals surface area contributed by atoms with Crippen LogP contribution >= 0.6 is 7.82 Å². The molecule has 0 aliphatic carbocycles. The zero-order chi connectivity index (χ0) is 47.6. The zero-order valence-electron chi connectivity index (χ0n) is 42.1. The van der Waals surface area contributed by atoms with E-state index in [-0.39, 0.29) is 32.2 Å². The highest BCUT2D eigenvalue weighted by molar-refractivity contribution is 7.45. The number of allylic oxidation sites excluding steroid dienone is 18. The number of ether oxygens (including phenoxy) is 2. The van der Waals surface area contributed by atoms with Crippen LogP contribution in [0.5, 0.6) is 0 Å². The maximum atomic E-state index is 12.7. The number of phosphoric ester groups is 1. The smallest absolute Gasteiger partial charge is 0.306 e. The van der Waals surface area contributed by atoms with Gasteiger partial charge in [-0.3, -0.25) is 9.36 Å². The lowest BCUT2D eigenvalue weighted by molar-refractivity contribution is -0.870. The van der Waals surface area contributed by atoms with E-state index in [1.165, 1.54) is 51.4 Å². The van der Waals surface area contributed by atoms with Crippen molar-refractivity contribution in [1.82, 2.24) is 0 Å². The van der Waals surface area contributed by atoms with Gasteiger partial charge in [0.25, 0.3) is 7.82 Å². The summed E-state index contributed by atoms with van der Waals surface area (Å²) in [5.41, 5.74) is 0. The van der Waals surface area contributed by atoms with Crippen molar-refractivity contribution in [3.8, 4) is 0 Å². The Bertz CT molecular complexity index is 1400. The molecule has 0 amide bonds. The summed E-state index contributed by atoms with van der Waals surface area (Å²) >= 11 is 0. The van der Waals surface area contributed by atoms with Crippen LogP contribution in [0.4, 0.5) is 0 Å². The number of hydrogen-bond donors (Lipinski definition) is 0. The van der Waals surface area contributed by atoms with E-state index in [0.29, 0.717) is 17.6 Å². The van der Waals surface area contributed by atoms with Gasteiger partial charge >= 0.3 is 5.97 Å². The van der Waals surface area contributed by atoms with Gasteiger partial charge in [-0.05, 0) is 103 Å². The highest BCUT2D eigenvalue weighted by Gasteiger charge is 2.20. The molecular weight excluding hydrogens is 830 g/mol. The highest BCUT2D eigenvalue weighted by atomic mass is 31.2. The van der Waals surface area contributed by atoms with Crippen molar-refractivity contribution < 1.29 is 37.3 Å². The summed E-state index contributed by atoms with van der Waals surface area (Å²) < 4.78 is 34.7. The number of nitrogens with zero attached hydrogens (tertiary/aromatic N) is 1. The molecule has 0 aromatic heterocycles. The lowest BCUT2D eigenvalue weighted by Gasteiger charge is -2.28. The van der Waals surface area contributed by atoms with E-state index >= 15 is 0 Å². The molecule has 2 unspecified atom stereocenters. The number of unbranched alkanes of at least 4 members (excludes halogenated alkanes) is 14. The molecule has 0 spiro atoms. The standard InChI is InChI=1S/C56H96NO7P/c1-6-8-10-12-14-16-18-20-22-24-26-28-29-30-31-33-35-37-39-41-43-45-47-49-56(58)64-55(54-63-65(59,60)62-52-50-57(3,4)5)53-61-51-48-46-44-42-40-38-36-34-32-27-25-23-21-19-17-15-13-11-9-7-2/h8,10,14-17,20-23,26-28,30-32,35,37,55H,6-7,9,11-13,18-19,24-25,29,33-34,36,38-54H2,1-5H3/b10-8-,16-14-,17-15-,22-20-,23-21-,28-26-,31-30-,32-27-,37-35-. The molecule has 0 aliphatic rings. The Labute approximate surface area is 400 Å². The zero-order valence-corrected chi connectivity index (χ0v) is 43.0. The number of carbonyl (C=O) groups is 1. The molecule has 0 aliphatic heterocycles. The Hall–Kier alpha value is -2.84. The van der Waals surface area contributed by atoms with Crippen LogP contribution in [0.1, 0.15) is 181 Å². The van der Waals surface area contributed by atoms with Gasteiger partial charge in [0.15, 0.2) is 0 Å². The van der Waals surface area contributed by atoms with Crippen molar-refractivity contribution in [3.05, 3.63) is 109 Å². The number of likely N-dealkylation sites (N-methyl/N-ethyl adjacent to an activating group) is 1. The lowest BCUT2D eigenvalue weighted by atomic mass is 10.1. The number of hydrogen-bond acceptors (Lipinski definition) is 7. The van der Waals surface area contributed by atoms with Gasteiger partial charge in [0, 0.05) is 13.0 Å². The molecule has 8 nitrogen and oxygen atoms in total. The third kappa shape index (κ3) is 52.0. The van der Waals surface area contributed by atoms with Gasteiger partial charge in [-0.15, -0.1) is 0 Å². The highest BCUT2D eigenvalue weighted by Crippen LogP contribution is 2.38. The third-order valence-corrected chi connectivity index (χ3v) is 11.3. The number of carbonyl (C=O) groups excluding carboxylic acids is 1. The first-order valence-electron chi connectivity index (χ1n) is 25.6. The second-order valence-electron chi connectivity index (χ2n) is 17.8. The van der Waals surface area contributed by atoms with Gasteiger partial charge < -0.3 is 27.9 Å². The van der Waals surface area contributed by atoms with Gasteiger partial charge in [-0.2, -0.15) is 0 Å². The molecule has 0 aromatic rings. The summed E-state index contributed by atoms with van der Waals surface area (Å²) in [5.74, 6) is -0.366. The molecule has 0 saturated carbocycles. The second-order valence-corrected chi connectivity index (χ2v) is 19.2. The molecule has 0 heterocycles. The Morgan fingerprint density at radius 3 is 1.34 bits per heavy atom. The van der Waals surface area contributed by atoms with Crippen LogP contribution in [-0.4, -0.2) is 70.7 Å². The number of rotatable bonds is 46. The van der Waals surface area contributed by atoms with E-state index in [1.54, 1.807) is 0 Å². The minimum absolute atomic E-state index is 0.0119. The van der Waals surface area contributed by atoms with Crippen LogP contribution in [-0.2, 0) is 27.9 Å². The van der Waals surface area contributed by atoms with Crippen molar-refractivity contribution in [2.75, 3.05) is 54.1 Å². The van der Waals surface area contributed by atoms with Gasteiger partial charge in [0.1, 0.15) is 19.3 Å². The molecule has 0 N–H and O–H groups in total. The fourth-order valence-electron chi connectivity index (χ4n) is 6.38. The van der Waals surface area contributed by atoms with Crippen molar-refractivity contribution >= 4 is 13.8 Å². The van der Waals surface area contributed by atoms with Crippen LogP contribution in [0.2, 0.25) is 0 Å². The van der Waals surface area contributed by atoms with Crippen LogP contribution in [0.15, 0.2) is 109 Å². The number of esters is 1. The van der Waals surface area contributed by atoms with Gasteiger partial charge in [0.05, 0.1) is 34.4 Å². The topological polar surface area (TPSA) is 94.1 Å². The Balaban J connectivity index is 4.27. The maximum Gasteiger partial charge on any atom is 0.306 e. The van der Waals surface area contributed by atoms with Crippen molar-refractivity contribution in [3.63, 3.8) is 0 Å². The maximum absolute atomic E-state index is 12.7. The Morgan fingerprint density at radius 2 is 0.892 bits per heavy atom. The van der Waals surface area contributed by atoms with Crippen LogP contribution in [0, 0.1) is 0 Å². The number of quaternary nitrogens is 1. The van der Waals surface area contributed by atoms with Crippen molar-refractivity contribution in [2.45, 2.75) is 187 Å². The van der Waals surface area contributed by atoms with Crippen LogP contribution < -0.4 is 4.89 Å². The summed E-state index contributed by atoms with van der Waals surface area (Å²) in [5, 5.41) is 0. The predicted molar refractivity (Wildman–Crippen MR) is 277 cm³/mol. The molecule has 0 rings (SSSR count). The van der Waals surface area contributed by atoms with Crippen molar-refractivity contribution in [2.24, 2.45) is 0 Å². The molecule has 2 atom stereocenters. The summed E-state index contributed by atoms with van der Waals surface area (Å²) in [6.45, 7) is 5.19. The quantitative estimate of drug-likeness (QED) is 0.0197. The van der Waals surface area contributed by atoms with Crippen LogP contribution in [0.3, 0.4) is 0 Å². The lowest BCUT2D eigenvalue weighted by Crippen LogP contribution is -2.37. The van der Waals surface area contributed by atoms with E-state index in [4.69, 9.17) is 18.5 Å². The molecule has 65 heavy (non-hydrogen) atoms. The van der Waals surface area contributed by atoms with Gasteiger partial charge in [0.2, 0.25) is 0 Å². The molecule has 0 aromatic carbocycles. The van der Waals surface area contributed by atoms with E-state index in [9.17, 15) is 14.3 Å². The fraction of sp³-hybridized carbons (Fsp3) is 0.661. The van der Waals surface area contributed by atoms with Crippen molar-refractivity contribution in [1.29, 1.82) is 0 Å². The normalized spacial score (nSPS) is 14.5. The van der Waals surface area contributed by atoms with E-state index in [0.717, 1.165) is 109 Å². The largest absolute Gasteiger partial charge is 0.756 e. The fourth-order valence-corrected chi connectivity index (χ4v) is 7.11. The molecule has 0 radical (unpaired) electrons. The molecule has 9 heteroatoms. The molecule has 0 fully saturated rings. The summed E-state index contributed by atoms with van der Waals surface area (Å²) in [4.78, 5) is 25.2. The SMILES string of the molecule is CC/C=C\C/C=C\C/C=C\C/C=C\C/C=C\C/C=C\CCCCCCC(=O)OC(COCCCCCCCCC/C=C\C/C=C\C/C=C\CCCCC)COP(=O)([O-])OCC[N+](C)(C)C. The third-order valence-electron chi connectivity index (χ3n) is 10.3. The summed E-state index contributed by atoms with van der Waals surface area (Å²) in [6.07, 6.45) is 66.8. The monoisotopic (exact) mass is 926 g/mol. The van der Waals surface area contributed by atoms with E-state index < -0.39 is 13.9 Å².